The lowest BCUT2D eigenvalue weighted by Crippen LogP contribution is -2.23. The van der Waals surface area contributed by atoms with Gasteiger partial charge in [-0.2, -0.15) is 0 Å². The Kier molecular flexibility index (Phi) is 8.12. The largest absolute Gasteiger partial charge is 0.330 e. The third kappa shape index (κ3) is 5.46. The first-order chi connectivity index (χ1) is 13.8. The van der Waals surface area contributed by atoms with Crippen LogP contribution in [0.3, 0.4) is 0 Å². The van der Waals surface area contributed by atoms with Crippen molar-refractivity contribution >= 4 is 0 Å². The molecule has 0 bridgehead atoms. The van der Waals surface area contributed by atoms with Crippen LogP contribution < -0.4 is 11.5 Å². The third-order valence-electron chi connectivity index (χ3n) is 6.59. The lowest BCUT2D eigenvalue weighted by molar-refractivity contribution is 0.333. The van der Waals surface area contributed by atoms with Crippen molar-refractivity contribution in [1.82, 2.24) is 0 Å². The van der Waals surface area contributed by atoms with Crippen molar-refractivity contribution in [3.05, 3.63) is 70.8 Å². The normalized spacial score (nSPS) is 14.9. The minimum atomic E-state index is 0.380. The van der Waals surface area contributed by atoms with E-state index in [1.54, 1.807) is 11.1 Å². The van der Waals surface area contributed by atoms with Gasteiger partial charge < -0.3 is 11.5 Å². The van der Waals surface area contributed by atoms with Crippen molar-refractivity contribution < 1.29 is 0 Å². The first-order valence-electron chi connectivity index (χ1n) is 11.3. The first-order valence-corrected chi connectivity index (χ1v) is 11.3. The number of aryl methyl sites for hydroxylation is 1. The van der Waals surface area contributed by atoms with Crippen LogP contribution in [0, 0.1) is 0 Å². The molecule has 1 aliphatic rings. The van der Waals surface area contributed by atoms with E-state index in [1.807, 2.05) is 0 Å². The Morgan fingerprint density at radius 3 is 2.04 bits per heavy atom. The van der Waals surface area contributed by atoms with Gasteiger partial charge in [-0.25, -0.2) is 0 Å². The van der Waals surface area contributed by atoms with Gasteiger partial charge in [-0.3, -0.25) is 0 Å². The minimum Gasteiger partial charge on any atom is -0.330 e. The highest BCUT2D eigenvalue weighted by atomic mass is 14.5. The quantitative estimate of drug-likeness (QED) is 0.479. The average molecular weight is 379 g/mol. The van der Waals surface area contributed by atoms with E-state index >= 15 is 0 Å². The molecule has 0 atom stereocenters. The summed E-state index contributed by atoms with van der Waals surface area (Å²) in [5.74, 6) is 0. The second-order valence-electron chi connectivity index (χ2n) is 8.63. The highest BCUT2D eigenvalue weighted by molar-refractivity contribution is 5.43. The van der Waals surface area contributed by atoms with Crippen LogP contribution in [0.4, 0.5) is 0 Å². The lowest BCUT2D eigenvalue weighted by Gasteiger charge is -2.31. The Hall–Kier alpha value is -1.64. The molecule has 2 aromatic rings. The number of hydrogen-bond donors (Lipinski definition) is 2. The van der Waals surface area contributed by atoms with Crippen molar-refractivity contribution in [3.8, 4) is 0 Å². The van der Waals surface area contributed by atoms with E-state index in [0.29, 0.717) is 5.41 Å². The van der Waals surface area contributed by atoms with E-state index in [-0.39, 0.29) is 0 Å². The summed E-state index contributed by atoms with van der Waals surface area (Å²) >= 11 is 0. The topological polar surface area (TPSA) is 52.0 Å². The summed E-state index contributed by atoms with van der Waals surface area (Å²) < 4.78 is 0. The molecule has 0 unspecified atom stereocenters. The Morgan fingerprint density at radius 2 is 1.39 bits per heavy atom. The highest BCUT2D eigenvalue weighted by Gasteiger charge is 2.37. The molecule has 28 heavy (non-hydrogen) atoms. The molecule has 3 rings (SSSR count). The smallest absolute Gasteiger partial charge is 0.00257 e. The van der Waals surface area contributed by atoms with Gasteiger partial charge >= 0.3 is 0 Å². The van der Waals surface area contributed by atoms with E-state index in [2.05, 4.69) is 48.5 Å². The molecule has 0 saturated heterocycles. The fourth-order valence-electron chi connectivity index (χ4n) is 5.00. The summed E-state index contributed by atoms with van der Waals surface area (Å²) in [5.41, 5.74) is 17.9. The van der Waals surface area contributed by atoms with Crippen LogP contribution in [0.15, 0.2) is 48.5 Å². The summed E-state index contributed by atoms with van der Waals surface area (Å²) in [6.45, 7) is 1.64. The molecule has 0 aliphatic heterocycles. The maximum atomic E-state index is 5.73. The molecule has 0 amide bonds. The van der Waals surface area contributed by atoms with Gasteiger partial charge in [0.15, 0.2) is 0 Å². The molecule has 0 aromatic heterocycles. The average Bonchev–Trinajstić information content (AvgIpc) is 3.08. The van der Waals surface area contributed by atoms with Crippen molar-refractivity contribution in [1.29, 1.82) is 0 Å². The zero-order valence-corrected chi connectivity index (χ0v) is 17.5. The highest BCUT2D eigenvalue weighted by Crippen LogP contribution is 2.46. The maximum Gasteiger partial charge on any atom is -0.00257 e. The van der Waals surface area contributed by atoms with E-state index in [1.165, 1.54) is 62.5 Å². The molecule has 0 heterocycles. The number of hydrogen-bond acceptors (Lipinski definition) is 2. The number of benzene rings is 2. The summed E-state index contributed by atoms with van der Waals surface area (Å²) in [6.07, 6.45) is 13.7. The van der Waals surface area contributed by atoms with Crippen LogP contribution in [0.25, 0.3) is 0 Å². The van der Waals surface area contributed by atoms with E-state index in [4.69, 9.17) is 11.5 Å². The van der Waals surface area contributed by atoms with Gasteiger partial charge in [-0.05, 0) is 85.7 Å². The fourth-order valence-corrected chi connectivity index (χ4v) is 5.00. The molecule has 0 saturated carbocycles. The molecule has 2 nitrogen and oxygen atoms in total. The van der Waals surface area contributed by atoms with Crippen LogP contribution in [0.2, 0.25) is 0 Å². The molecule has 4 N–H and O–H groups in total. The molecule has 2 aromatic carbocycles. The standard InChI is InChI=1S/C26H38N2/c27-18-8-2-6-15-26(16-7-3-9-19-28)17-14-24-13-12-23(21-25(24)26)20-22-10-4-1-5-11-22/h1,4-5,10-13,21H,2-3,6-9,14-20,27-28H2. The van der Waals surface area contributed by atoms with Crippen LogP contribution in [-0.2, 0) is 18.3 Å². The maximum absolute atomic E-state index is 5.73. The van der Waals surface area contributed by atoms with Gasteiger partial charge in [0.2, 0.25) is 0 Å². The van der Waals surface area contributed by atoms with Crippen LogP contribution >= 0.6 is 0 Å². The van der Waals surface area contributed by atoms with Crippen LogP contribution in [-0.4, -0.2) is 13.1 Å². The molecular weight excluding hydrogens is 340 g/mol. The van der Waals surface area contributed by atoms with Crippen LogP contribution in [0.1, 0.15) is 80.0 Å². The monoisotopic (exact) mass is 378 g/mol. The van der Waals surface area contributed by atoms with Crippen molar-refractivity contribution in [2.75, 3.05) is 13.1 Å². The summed E-state index contributed by atoms with van der Waals surface area (Å²) in [5, 5.41) is 0. The van der Waals surface area contributed by atoms with Gasteiger partial charge in [-0.15, -0.1) is 0 Å². The molecular formula is C26H38N2. The summed E-state index contributed by atoms with van der Waals surface area (Å²) in [4.78, 5) is 0. The predicted octanol–water partition coefficient (Wildman–Crippen LogP) is 5.50. The predicted molar refractivity (Wildman–Crippen MR) is 121 cm³/mol. The fraction of sp³-hybridized carbons (Fsp3) is 0.538. The van der Waals surface area contributed by atoms with E-state index < -0.39 is 0 Å². The van der Waals surface area contributed by atoms with Crippen molar-refractivity contribution in [3.63, 3.8) is 0 Å². The van der Waals surface area contributed by atoms with E-state index in [0.717, 1.165) is 32.4 Å². The SMILES string of the molecule is NCCCCCC1(CCCCCN)CCc2ccc(Cc3ccccc3)cc21. The summed E-state index contributed by atoms with van der Waals surface area (Å²) in [6, 6.07) is 18.2. The molecule has 2 heteroatoms. The molecule has 1 aliphatic carbocycles. The zero-order valence-electron chi connectivity index (χ0n) is 17.5. The van der Waals surface area contributed by atoms with Gasteiger partial charge in [0.05, 0.1) is 0 Å². The molecule has 0 fully saturated rings. The molecule has 0 spiro atoms. The number of unbranched alkanes of at least 4 members (excludes halogenated alkanes) is 4. The molecule has 152 valence electrons. The van der Waals surface area contributed by atoms with Crippen LogP contribution in [0.5, 0.6) is 0 Å². The van der Waals surface area contributed by atoms with Crippen molar-refractivity contribution in [2.45, 2.75) is 76.0 Å². The Bertz CT molecular complexity index is 696. The second kappa shape index (κ2) is 10.8. The van der Waals surface area contributed by atoms with Gasteiger partial charge in [0.25, 0.3) is 0 Å². The lowest BCUT2D eigenvalue weighted by atomic mass is 9.73. The number of fused-ring (bicyclic) bond motifs is 1. The van der Waals surface area contributed by atoms with Crippen molar-refractivity contribution in [2.24, 2.45) is 11.5 Å². The summed E-state index contributed by atoms with van der Waals surface area (Å²) in [7, 11) is 0. The number of rotatable bonds is 12. The van der Waals surface area contributed by atoms with Gasteiger partial charge in [-0.1, -0.05) is 74.2 Å². The second-order valence-corrected chi connectivity index (χ2v) is 8.63. The minimum absolute atomic E-state index is 0.380. The Labute approximate surface area is 171 Å². The molecule has 0 radical (unpaired) electrons. The van der Waals surface area contributed by atoms with E-state index in [9.17, 15) is 0 Å². The Balaban J connectivity index is 1.78. The number of nitrogens with two attached hydrogens (primary N) is 2. The zero-order chi connectivity index (χ0) is 19.7. The first kappa shape index (κ1) is 21.1. The van der Waals surface area contributed by atoms with Gasteiger partial charge in [0, 0.05) is 0 Å². The third-order valence-corrected chi connectivity index (χ3v) is 6.59. The van der Waals surface area contributed by atoms with Gasteiger partial charge in [0.1, 0.15) is 0 Å². The Morgan fingerprint density at radius 1 is 0.714 bits per heavy atom.